The van der Waals surface area contributed by atoms with Gasteiger partial charge in [0.2, 0.25) is 0 Å². The lowest BCUT2D eigenvalue weighted by atomic mass is 10.1. The summed E-state index contributed by atoms with van der Waals surface area (Å²) in [6.07, 6.45) is 2.48. The van der Waals surface area contributed by atoms with E-state index in [0.29, 0.717) is 24.0 Å². The molecule has 0 radical (unpaired) electrons. The summed E-state index contributed by atoms with van der Waals surface area (Å²) >= 11 is 0. The van der Waals surface area contributed by atoms with Crippen molar-refractivity contribution in [3.05, 3.63) is 29.8 Å². The highest BCUT2D eigenvalue weighted by Crippen LogP contribution is 2.18. The third-order valence-electron chi connectivity index (χ3n) is 3.85. The summed E-state index contributed by atoms with van der Waals surface area (Å²) < 4.78 is 5.79. The molecule has 0 amide bonds. The second kappa shape index (κ2) is 9.03. The van der Waals surface area contributed by atoms with E-state index in [1.807, 2.05) is 31.3 Å². The largest absolute Gasteiger partial charge is 0.491 e. The Morgan fingerprint density at radius 2 is 2.19 bits per heavy atom. The van der Waals surface area contributed by atoms with E-state index < -0.39 is 0 Å². The van der Waals surface area contributed by atoms with Gasteiger partial charge in [-0.3, -0.25) is 9.69 Å². The van der Waals surface area contributed by atoms with Gasteiger partial charge in [-0.1, -0.05) is 12.1 Å². The number of carbonyl (C=O) groups excluding carboxylic acids is 1. The molecule has 0 aromatic heterocycles. The zero-order valence-corrected chi connectivity index (χ0v) is 13.6. The van der Waals surface area contributed by atoms with Crippen LogP contribution in [0.15, 0.2) is 24.3 Å². The highest BCUT2D eigenvalue weighted by molar-refractivity contribution is 5.96. The summed E-state index contributed by atoms with van der Waals surface area (Å²) in [5.74, 6) is 0.746. The van der Waals surface area contributed by atoms with Crippen LogP contribution in [0.3, 0.4) is 0 Å². The maximum atomic E-state index is 11.5. The van der Waals surface area contributed by atoms with Crippen molar-refractivity contribution in [2.24, 2.45) is 0 Å². The van der Waals surface area contributed by atoms with Crippen LogP contribution in [0.1, 0.15) is 30.1 Å². The van der Waals surface area contributed by atoms with Crippen molar-refractivity contribution >= 4 is 18.2 Å². The number of para-hydroxylation sites is 1. The van der Waals surface area contributed by atoms with Gasteiger partial charge < -0.3 is 10.1 Å². The van der Waals surface area contributed by atoms with Crippen LogP contribution in [0, 0.1) is 0 Å². The Morgan fingerprint density at radius 3 is 2.90 bits per heavy atom. The highest BCUT2D eigenvalue weighted by atomic mass is 35.5. The molecule has 1 aliphatic heterocycles. The van der Waals surface area contributed by atoms with E-state index in [1.165, 1.54) is 12.8 Å². The van der Waals surface area contributed by atoms with Gasteiger partial charge in [0.25, 0.3) is 0 Å². The first-order valence-corrected chi connectivity index (χ1v) is 7.33. The fourth-order valence-corrected chi connectivity index (χ4v) is 2.66. The Kier molecular flexibility index (Phi) is 7.72. The van der Waals surface area contributed by atoms with Crippen LogP contribution in [0.25, 0.3) is 0 Å². The van der Waals surface area contributed by atoms with Gasteiger partial charge in [0, 0.05) is 19.1 Å². The van der Waals surface area contributed by atoms with Gasteiger partial charge in [0.15, 0.2) is 5.78 Å². The summed E-state index contributed by atoms with van der Waals surface area (Å²) in [6.45, 7) is 5.32. The van der Waals surface area contributed by atoms with E-state index in [9.17, 15) is 4.79 Å². The van der Waals surface area contributed by atoms with Crippen LogP contribution in [0.5, 0.6) is 5.75 Å². The maximum Gasteiger partial charge on any atom is 0.163 e. The molecule has 1 saturated heterocycles. The second-order valence-electron chi connectivity index (χ2n) is 5.33. The molecule has 118 valence electrons. The molecule has 1 fully saturated rings. The molecule has 1 aliphatic rings. The van der Waals surface area contributed by atoms with Crippen molar-refractivity contribution in [1.29, 1.82) is 0 Å². The molecular formula is C16H25ClN2O2. The van der Waals surface area contributed by atoms with E-state index in [-0.39, 0.29) is 18.2 Å². The second-order valence-corrected chi connectivity index (χ2v) is 5.33. The lowest BCUT2D eigenvalue weighted by Gasteiger charge is -2.32. The van der Waals surface area contributed by atoms with Gasteiger partial charge in [0.05, 0.1) is 5.56 Å². The first-order valence-electron chi connectivity index (χ1n) is 7.33. The Hall–Kier alpha value is -1.10. The van der Waals surface area contributed by atoms with Gasteiger partial charge in [-0.15, -0.1) is 12.4 Å². The van der Waals surface area contributed by atoms with Gasteiger partial charge in [0.1, 0.15) is 12.4 Å². The molecule has 2 rings (SSSR count). The Morgan fingerprint density at radius 1 is 1.43 bits per heavy atom. The Bertz CT molecular complexity index is 454. The predicted octanol–water partition coefficient (Wildman–Crippen LogP) is 2.37. The smallest absolute Gasteiger partial charge is 0.163 e. The number of piperidine rings is 1. The molecule has 1 N–H and O–H groups in total. The van der Waals surface area contributed by atoms with E-state index in [0.717, 1.165) is 19.6 Å². The maximum absolute atomic E-state index is 11.5. The molecule has 1 aromatic rings. The average molecular weight is 313 g/mol. The van der Waals surface area contributed by atoms with Crippen LogP contribution in [-0.4, -0.2) is 50.0 Å². The van der Waals surface area contributed by atoms with Crippen LogP contribution >= 0.6 is 12.4 Å². The zero-order valence-electron chi connectivity index (χ0n) is 12.8. The number of halogens is 1. The molecule has 1 atom stereocenters. The number of likely N-dealkylation sites (N-methyl/N-ethyl adjacent to an activating group) is 1. The van der Waals surface area contributed by atoms with Crippen molar-refractivity contribution in [3.63, 3.8) is 0 Å². The molecule has 0 aliphatic carbocycles. The van der Waals surface area contributed by atoms with E-state index in [2.05, 4.69) is 10.2 Å². The molecule has 0 saturated carbocycles. The van der Waals surface area contributed by atoms with Crippen LogP contribution in [0.4, 0.5) is 0 Å². The number of hydrogen-bond donors (Lipinski definition) is 1. The SMILES string of the molecule is CNC1CCCN(CCOc2ccccc2C(C)=O)C1.Cl. The van der Waals surface area contributed by atoms with Crippen LogP contribution in [-0.2, 0) is 0 Å². The first kappa shape index (κ1) is 18.0. The van der Waals surface area contributed by atoms with Crippen molar-refractivity contribution < 1.29 is 9.53 Å². The van der Waals surface area contributed by atoms with Crippen molar-refractivity contribution in [2.75, 3.05) is 33.3 Å². The number of hydrogen-bond acceptors (Lipinski definition) is 4. The summed E-state index contributed by atoms with van der Waals surface area (Å²) in [6, 6.07) is 8.04. The quantitative estimate of drug-likeness (QED) is 0.819. The number of nitrogens with zero attached hydrogens (tertiary/aromatic N) is 1. The monoisotopic (exact) mass is 312 g/mol. The highest BCUT2D eigenvalue weighted by Gasteiger charge is 2.18. The first-order chi connectivity index (χ1) is 9.70. The van der Waals surface area contributed by atoms with Crippen molar-refractivity contribution in [3.8, 4) is 5.75 Å². The molecular weight excluding hydrogens is 288 g/mol. The lowest BCUT2D eigenvalue weighted by Crippen LogP contribution is -2.45. The van der Waals surface area contributed by atoms with E-state index >= 15 is 0 Å². The summed E-state index contributed by atoms with van der Waals surface area (Å²) in [7, 11) is 2.02. The standard InChI is InChI=1S/C16H24N2O2.ClH/c1-13(19)15-7-3-4-8-16(15)20-11-10-18-9-5-6-14(12-18)17-2;/h3-4,7-8,14,17H,5-6,9-12H2,1-2H3;1H. The minimum atomic E-state index is 0. The summed E-state index contributed by atoms with van der Waals surface area (Å²) in [4.78, 5) is 13.9. The number of rotatable bonds is 6. The summed E-state index contributed by atoms with van der Waals surface area (Å²) in [5, 5.41) is 3.34. The third-order valence-corrected chi connectivity index (χ3v) is 3.85. The number of likely N-dealkylation sites (tertiary alicyclic amines) is 1. The fraction of sp³-hybridized carbons (Fsp3) is 0.562. The normalized spacial score (nSPS) is 18.9. The average Bonchev–Trinajstić information content (AvgIpc) is 2.48. The Balaban J connectivity index is 0.00000220. The number of Topliss-reactive ketones (excluding diaryl/α,β-unsaturated/α-hetero) is 1. The zero-order chi connectivity index (χ0) is 14.4. The lowest BCUT2D eigenvalue weighted by molar-refractivity contribution is 0.101. The van der Waals surface area contributed by atoms with Crippen LogP contribution in [0.2, 0.25) is 0 Å². The van der Waals surface area contributed by atoms with Crippen LogP contribution < -0.4 is 10.1 Å². The minimum absolute atomic E-state index is 0. The van der Waals surface area contributed by atoms with Crippen molar-refractivity contribution in [1.82, 2.24) is 10.2 Å². The molecule has 1 heterocycles. The van der Waals surface area contributed by atoms with Crippen molar-refractivity contribution in [2.45, 2.75) is 25.8 Å². The van der Waals surface area contributed by atoms with E-state index in [4.69, 9.17) is 4.74 Å². The Labute approximate surface area is 133 Å². The molecule has 4 nitrogen and oxygen atoms in total. The van der Waals surface area contributed by atoms with Gasteiger partial charge >= 0.3 is 0 Å². The number of nitrogens with one attached hydrogen (secondary N) is 1. The third kappa shape index (κ3) is 5.30. The molecule has 21 heavy (non-hydrogen) atoms. The number of ketones is 1. The molecule has 0 bridgehead atoms. The molecule has 1 unspecified atom stereocenters. The predicted molar refractivity (Wildman–Crippen MR) is 87.7 cm³/mol. The number of benzene rings is 1. The van der Waals surface area contributed by atoms with Gasteiger partial charge in [-0.25, -0.2) is 0 Å². The van der Waals surface area contributed by atoms with Gasteiger partial charge in [-0.05, 0) is 45.5 Å². The number of ether oxygens (including phenoxy) is 1. The van der Waals surface area contributed by atoms with E-state index in [1.54, 1.807) is 6.92 Å². The minimum Gasteiger partial charge on any atom is -0.491 e. The van der Waals surface area contributed by atoms with Gasteiger partial charge in [-0.2, -0.15) is 0 Å². The summed E-state index contributed by atoms with van der Waals surface area (Å²) in [5.41, 5.74) is 0.666. The topological polar surface area (TPSA) is 41.6 Å². The molecule has 1 aromatic carbocycles. The molecule has 5 heteroatoms. The molecule has 0 spiro atoms. The number of carbonyl (C=O) groups is 1. The fourth-order valence-electron chi connectivity index (χ4n) is 2.66.